The number of alkyl halides is 1. The van der Waals surface area contributed by atoms with Crippen molar-refractivity contribution in [2.24, 2.45) is 0 Å². The van der Waals surface area contributed by atoms with Crippen LogP contribution in [0.25, 0.3) is 0 Å². The Morgan fingerprint density at radius 3 is 2.25 bits per heavy atom. The Balaban J connectivity index is 2.23. The van der Waals surface area contributed by atoms with Gasteiger partial charge in [0.1, 0.15) is 17.2 Å². The van der Waals surface area contributed by atoms with Crippen molar-refractivity contribution in [3.8, 4) is 0 Å². The first-order valence-electron chi connectivity index (χ1n) is 6.50. The molecule has 0 heterocycles. The molecule has 1 aromatic rings. The predicted molar refractivity (Wildman–Crippen MR) is 81.1 cm³/mol. The highest BCUT2D eigenvalue weighted by Crippen LogP contribution is 2.30. The van der Waals surface area contributed by atoms with Crippen LogP contribution < -0.4 is 5.32 Å². The fourth-order valence-electron chi connectivity index (χ4n) is 2.58. The smallest absolute Gasteiger partial charge is 0.257 e. The third kappa shape index (κ3) is 3.39. The van der Waals surface area contributed by atoms with Gasteiger partial charge in [-0.2, -0.15) is 0 Å². The topological polar surface area (TPSA) is 29.1 Å². The van der Waals surface area contributed by atoms with Gasteiger partial charge < -0.3 is 5.32 Å². The number of benzene rings is 1. The van der Waals surface area contributed by atoms with Crippen LogP contribution in [0.2, 0.25) is 0 Å². The highest BCUT2D eigenvalue weighted by Gasteiger charge is 2.34. The van der Waals surface area contributed by atoms with Gasteiger partial charge in [0.2, 0.25) is 0 Å². The van der Waals surface area contributed by atoms with Gasteiger partial charge in [-0.05, 0) is 25.0 Å². The number of amides is 1. The van der Waals surface area contributed by atoms with Crippen LogP contribution in [0.15, 0.2) is 16.6 Å². The van der Waals surface area contributed by atoms with E-state index in [4.69, 9.17) is 0 Å². The van der Waals surface area contributed by atoms with Crippen LogP contribution in [0.5, 0.6) is 0 Å². The molecule has 1 aliphatic carbocycles. The normalized spacial score (nSPS) is 17.8. The van der Waals surface area contributed by atoms with Crippen molar-refractivity contribution in [2.45, 2.75) is 37.6 Å². The zero-order chi connectivity index (χ0) is 14.8. The maximum absolute atomic E-state index is 13.8. The van der Waals surface area contributed by atoms with Crippen molar-refractivity contribution in [1.82, 2.24) is 5.32 Å². The van der Waals surface area contributed by atoms with Crippen LogP contribution >= 0.6 is 31.9 Å². The molecule has 6 heteroatoms. The lowest BCUT2D eigenvalue weighted by Gasteiger charge is -2.36. The van der Waals surface area contributed by atoms with E-state index in [9.17, 15) is 13.6 Å². The molecule has 0 bridgehead atoms. The van der Waals surface area contributed by atoms with Crippen molar-refractivity contribution in [2.75, 3.05) is 5.33 Å². The average Bonchev–Trinajstić information content (AvgIpc) is 2.38. The van der Waals surface area contributed by atoms with E-state index in [0.717, 1.165) is 44.2 Å². The van der Waals surface area contributed by atoms with Crippen LogP contribution in [0, 0.1) is 11.6 Å². The summed E-state index contributed by atoms with van der Waals surface area (Å²) in [7, 11) is 0. The maximum atomic E-state index is 13.8. The van der Waals surface area contributed by atoms with Crippen LogP contribution in [0.3, 0.4) is 0 Å². The molecule has 0 radical (unpaired) electrons. The lowest BCUT2D eigenvalue weighted by Crippen LogP contribution is -2.51. The van der Waals surface area contributed by atoms with Gasteiger partial charge >= 0.3 is 0 Å². The molecule has 1 aromatic carbocycles. The summed E-state index contributed by atoms with van der Waals surface area (Å²) in [6.45, 7) is 0. The number of carbonyl (C=O) groups is 1. The van der Waals surface area contributed by atoms with E-state index >= 15 is 0 Å². The number of nitrogens with one attached hydrogen (secondary N) is 1. The molecular formula is C14H15Br2F2NO. The van der Waals surface area contributed by atoms with E-state index in [0.29, 0.717) is 5.33 Å². The fourth-order valence-corrected chi connectivity index (χ4v) is 3.69. The van der Waals surface area contributed by atoms with Crippen LogP contribution in [-0.4, -0.2) is 16.8 Å². The Morgan fingerprint density at radius 2 is 1.75 bits per heavy atom. The predicted octanol–water partition coefficient (Wildman–Crippen LogP) is 4.55. The maximum Gasteiger partial charge on any atom is 0.257 e. The number of halogens is 4. The van der Waals surface area contributed by atoms with E-state index in [2.05, 4.69) is 37.2 Å². The summed E-state index contributed by atoms with van der Waals surface area (Å²) in [4.78, 5) is 12.2. The number of hydrogen-bond acceptors (Lipinski definition) is 1. The van der Waals surface area contributed by atoms with Gasteiger partial charge in [-0.3, -0.25) is 4.79 Å². The Bertz CT molecular complexity index is 493. The lowest BCUT2D eigenvalue weighted by atomic mass is 9.83. The molecule has 1 amide bonds. The van der Waals surface area contributed by atoms with Gasteiger partial charge in [0.15, 0.2) is 0 Å². The zero-order valence-electron chi connectivity index (χ0n) is 10.8. The first-order valence-corrected chi connectivity index (χ1v) is 8.42. The zero-order valence-corrected chi connectivity index (χ0v) is 14.0. The molecule has 0 aliphatic heterocycles. The SMILES string of the molecule is O=C(NC1(CBr)CCCCC1)c1c(F)cc(Br)cc1F. The van der Waals surface area contributed by atoms with Gasteiger partial charge in [-0.15, -0.1) is 0 Å². The molecule has 0 unspecified atom stereocenters. The summed E-state index contributed by atoms with van der Waals surface area (Å²) < 4.78 is 27.9. The van der Waals surface area contributed by atoms with Crippen LogP contribution in [0.4, 0.5) is 8.78 Å². The summed E-state index contributed by atoms with van der Waals surface area (Å²) >= 11 is 6.41. The Labute approximate surface area is 133 Å². The summed E-state index contributed by atoms with van der Waals surface area (Å²) in [5.41, 5.74) is -0.916. The van der Waals surface area contributed by atoms with E-state index in [1.807, 2.05) is 0 Å². The molecule has 2 nitrogen and oxygen atoms in total. The Hall–Kier alpha value is -0.490. The van der Waals surface area contributed by atoms with Crippen LogP contribution in [-0.2, 0) is 0 Å². The summed E-state index contributed by atoms with van der Waals surface area (Å²) in [6.07, 6.45) is 4.80. The largest absolute Gasteiger partial charge is 0.346 e. The molecule has 1 fully saturated rings. The molecular weight excluding hydrogens is 396 g/mol. The molecule has 110 valence electrons. The molecule has 0 spiro atoms. The van der Waals surface area contributed by atoms with Crippen LogP contribution in [0.1, 0.15) is 42.5 Å². The quantitative estimate of drug-likeness (QED) is 0.727. The van der Waals surface area contributed by atoms with E-state index in [-0.39, 0.29) is 4.47 Å². The second kappa shape index (κ2) is 6.52. The summed E-state index contributed by atoms with van der Waals surface area (Å²) in [6, 6.07) is 2.19. The van der Waals surface area contributed by atoms with E-state index in [1.165, 1.54) is 0 Å². The summed E-state index contributed by atoms with van der Waals surface area (Å²) in [5.74, 6) is -2.39. The number of hydrogen-bond donors (Lipinski definition) is 1. The van der Waals surface area contributed by atoms with Crippen molar-refractivity contribution in [3.05, 3.63) is 33.8 Å². The third-order valence-corrected chi connectivity index (χ3v) is 5.21. The first kappa shape index (κ1) is 15.9. The van der Waals surface area contributed by atoms with Crippen molar-refractivity contribution in [3.63, 3.8) is 0 Å². The van der Waals surface area contributed by atoms with E-state index in [1.54, 1.807) is 0 Å². The standard InChI is InChI=1S/C14H15Br2F2NO/c15-8-14(4-2-1-3-5-14)19-13(20)12-10(17)6-9(16)7-11(12)18/h6-7H,1-5,8H2,(H,19,20). The monoisotopic (exact) mass is 409 g/mol. The van der Waals surface area contributed by atoms with Crippen molar-refractivity contribution >= 4 is 37.8 Å². The van der Waals surface area contributed by atoms with E-state index < -0.39 is 28.6 Å². The second-order valence-electron chi connectivity index (χ2n) is 5.17. The highest BCUT2D eigenvalue weighted by atomic mass is 79.9. The molecule has 1 aliphatic rings. The second-order valence-corrected chi connectivity index (χ2v) is 6.65. The Morgan fingerprint density at radius 1 is 1.20 bits per heavy atom. The number of carbonyl (C=O) groups excluding carboxylic acids is 1. The fraction of sp³-hybridized carbons (Fsp3) is 0.500. The van der Waals surface area contributed by atoms with Crippen molar-refractivity contribution < 1.29 is 13.6 Å². The molecule has 0 saturated heterocycles. The lowest BCUT2D eigenvalue weighted by molar-refractivity contribution is 0.0877. The molecule has 0 aromatic heterocycles. The molecule has 1 N–H and O–H groups in total. The highest BCUT2D eigenvalue weighted by molar-refractivity contribution is 9.10. The van der Waals surface area contributed by atoms with Gasteiger partial charge in [-0.1, -0.05) is 51.1 Å². The van der Waals surface area contributed by atoms with Gasteiger partial charge in [0.05, 0.1) is 5.54 Å². The molecule has 20 heavy (non-hydrogen) atoms. The van der Waals surface area contributed by atoms with Gasteiger partial charge in [-0.25, -0.2) is 8.78 Å². The third-order valence-electron chi connectivity index (χ3n) is 3.68. The van der Waals surface area contributed by atoms with Gasteiger partial charge in [0.25, 0.3) is 5.91 Å². The first-order chi connectivity index (χ1) is 9.47. The number of rotatable bonds is 3. The minimum Gasteiger partial charge on any atom is -0.346 e. The molecule has 1 saturated carbocycles. The minimum absolute atomic E-state index is 0.275. The Kier molecular flexibility index (Phi) is 5.18. The summed E-state index contributed by atoms with van der Waals surface area (Å²) in [5, 5.41) is 3.41. The minimum atomic E-state index is -0.852. The van der Waals surface area contributed by atoms with Gasteiger partial charge in [0, 0.05) is 9.80 Å². The molecule has 2 rings (SSSR count). The van der Waals surface area contributed by atoms with Crippen molar-refractivity contribution in [1.29, 1.82) is 0 Å². The average molecular weight is 411 g/mol. The molecule has 0 atom stereocenters.